The number of pyridine rings is 2. The Hall–Kier alpha value is -1.65. The molecule has 0 N–H and O–H groups in total. The second kappa shape index (κ2) is 5.52. The molecule has 0 spiro atoms. The van der Waals surface area contributed by atoms with E-state index in [9.17, 15) is 0 Å². The lowest BCUT2D eigenvalue weighted by Gasteiger charge is -2.31. The van der Waals surface area contributed by atoms with E-state index in [0.717, 1.165) is 45.5 Å². The Bertz CT molecular complexity index is 844. The number of nitrogens with zero attached hydrogens (tertiary/aromatic N) is 3. The van der Waals surface area contributed by atoms with Gasteiger partial charge in [-0.25, -0.2) is 9.97 Å². The number of anilines is 1. The molecule has 3 nitrogen and oxygen atoms in total. The molecule has 22 heavy (non-hydrogen) atoms. The zero-order chi connectivity index (χ0) is 15.1. The maximum atomic E-state index is 6.41. The van der Waals surface area contributed by atoms with Gasteiger partial charge in [-0.2, -0.15) is 0 Å². The van der Waals surface area contributed by atoms with Gasteiger partial charge in [-0.05, 0) is 42.8 Å². The van der Waals surface area contributed by atoms with Crippen molar-refractivity contribution in [3.63, 3.8) is 0 Å². The molecule has 1 aliphatic heterocycles. The molecular weight excluding hydrogens is 362 g/mol. The van der Waals surface area contributed by atoms with Crippen molar-refractivity contribution in [2.45, 2.75) is 6.42 Å². The van der Waals surface area contributed by atoms with Gasteiger partial charge in [0, 0.05) is 34.7 Å². The van der Waals surface area contributed by atoms with Crippen molar-refractivity contribution in [3.05, 3.63) is 52.1 Å². The van der Waals surface area contributed by atoms with Crippen LogP contribution in [0.5, 0.6) is 0 Å². The van der Waals surface area contributed by atoms with Gasteiger partial charge in [0.15, 0.2) is 0 Å². The molecule has 110 valence electrons. The molecule has 0 amide bonds. The van der Waals surface area contributed by atoms with Crippen LogP contribution in [0.3, 0.4) is 0 Å². The zero-order valence-electron chi connectivity index (χ0n) is 11.8. The molecule has 4 rings (SSSR count). The van der Waals surface area contributed by atoms with Gasteiger partial charge in [0.2, 0.25) is 0 Å². The lowest BCUT2D eigenvalue weighted by molar-refractivity contribution is 0.610. The van der Waals surface area contributed by atoms with Gasteiger partial charge in [-0.1, -0.05) is 27.5 Å². The first-order valence-corrected chi connectivity index (χ1v) is 8.35. The highest BCUT2D eigenvalue weighted by atomic mass is 79.9. The summed E-state index contributed by atoms with van der Waals surface area (Å²) in [6.45, 7) is 2.20. The Labute approximate surface area is 142 Å². The van der Waals surface area contributed by atoms with Gasteiger partial charge in [0.1, 0.15) is 5.82 Å². The summed E-state index contributed by atoms with van der Waals surface area (Å²) >= 11 is 9.87. The van der Waals surface area contributed by atoms with E-state index in [-0.39, 0.29) is 0 Å². The monoisotopic (exact) mass is 373 g/mol. The largest absolute Gasteiger partial charge is 0.356 e. The third-order valence-corrected chi connectivity index (χ3v) is 4.75. The first-order chi connectivity index (χ1) is 10.7. The van der Waals surface area contributed by atoms with E-state index in [1.54, 1.807) is 0 Å². The summed E-state index contributed by atoms with van der Waals surface area (Å²) in [6, 6.07) is 11.9. The summed E-state index contributed by atoms with van der Waals surface area (Å²) in [7, 11) is 0. The fourth-order valence-corrected chi connectivity index (χ4v) is 3.19. The van der Waals surface area contributed by atoms with Gasteiger partial charge in [-0.15, -0.1) is 0 Å². The van der Waals surface area contributed by atoms with Crippen molar-refractivity contribution in [3.8, 4) is 11.3 Å². The number of fused-ring (bicyclic) bond motifs is 1. The average Bonchev–Trinajstić information content (AvgIpc) is 2.47. The fraction of sp³-hybridized carbons (Fsp3) is 0.176. The van der Waals surface area contributed by atoms with Crippen LogP contribution in [0.2, 0.25) is 5.02 Å². The molecule has 2 aromatic heterocycles. The maximum absolute atomic E-state index is 6.41. The number of rotatable bonds is 2. The first-order valence-electron chi connectivity index (χ1n) is 7.18. The molecule has 0 saturated carbocycles. The number of hydrogen-bond acceptors (Lipinski definition) is 3. The second-order valence-electron chi connectivity index (χ2n) is 5.40. The molecule has 1 fully saturated rings. The Morgan fingerprint density at radius 1 is 1.09 bits per heavy atom. The van der Waals surface area contributed by atoms with E-state index < -0.39 is 0 Å². The van der Waals surface area contributed by atoms with Gasteiger partial charge < -0.3 is 4.90 Å². The van der Waals surface area contributed by atoms with Gasteiger partial charge >= 0.3 is 0 Å². The van der Waals surface area contributed by atoms with E-state index >= 15 is 0 Å². The summed E-state index contributed by atoms with van der Waals surface area (Å²) in [4.78, 5) is 11.5. The Morgan fingerprint density at radius 2 is 1.95 bits per heavy atom. The summed E-state index contributed by atoms with van der Waals surface area (Å²) in [5.74, 6) is 1.03. The van der Waals surface area contributed by atoms with Crippen molar-refractivity contribution in [1.82, 2.24) is 9.97 Å². The molecule has 3 heterocycles. The highest BCUT2D eigenvalue weighted by molar-refractivity contribution is 9.10. The van der Waals surface area contributed by atoms with Crippen LogP contribution in [0, 0.1) is 0 Å². The first kappa shape index (κ1) is 14.0. The van der Waals surface area contributed by atoms with E-state index in [0.29, 0.717) is 5.02 Å². The number of hydrogen-bond donors (Lipinski definition) is 0. The molecule has 0 aliphatic carbocycles. The predicted octanol–water partition coefficient (Wildman–Crippen LogP) is 4.92. The lowest BCUT2D eigenvalue weighted by atomic mass is 10.1. The van der Waals surface area contributed by atoms with Gasteiger partial charge in [-0.3, -0.25) is 0 Å². The maximum Gasteiger partial charge on any atom is 0.128 e. The quantitative estimate of drug-likeness (QED) is 0.637. The molecule has 5 heteroatoms. The molecule has 1 aliphatic rings. The summed E-state index contributed by atoms with van der Waals surface area (Å²) < 4.78 is 0.997. The van der Waals surface area contributed by atoms with Crippen molar-refractivity contribution in [2.24, 2.45) is 0 Å². The SMILES string of the molecule is Clc1cc(-c2ccc(N3CCC3)nc2)nc2ccc(Br)cc12. The molecule has 0 atom stereocenters. The van der Waals surface area contributed by atoms with E-state index in [1.165, 1.54) is 6.42 Å². The normalized spacial score (nSPS) is 14.2. The van der Waals surface area contributed by atoms with Crippen LogP contribution < -0.4 is 4.90 Å². The molecular formula is C17H13BrClN3. The van der Waals surface area contributed by atoms with Crippen LogP contribution in [0.15, 0.2) is 47.1 Å². The average molecular weight is 375 g/mol. The smallest absolute Gasteiger partial charge is 0.128 e. The van der Waals surface area contributed by atoms with E-state index in [4.69, 9.17) is 16.6 Å². The van der Waals surface area contributed by atoms with E-state index in [1.807, 2.05) is 30.5 Å². The van der Waals surface area contributed by atoms with Crippen LogP contribution in [0.4, 0.5) is 5.82 Å². The molecule has 0 radical (unpaired) electrons. The zero-order valence-corrected chi connectivity index (χ0v) is 14.1. The van der Waals surface area contributed by atoms with Crippen LogP contribution in [0.1, 0.15) is 6.42 Å². The number of halogens is 2. The predicted molar refractivity (Wildman–Crippen MR) is 94.5 cm³/mol. The Balaban J connectivity index is 1.75. The van der Waals surface area contributed by atoms with Crippen molar-refractivity contribution >= 4 is 44.3 Å². The minimum Gasteiger partial charge on any atom is -0.356 e. The third kappa shape index (κ3) is 2.46. The van der Waals surface area contributed by atoms with Crippen molar-refractivity contribution in [2.75, 3.05) is 18.0 Å². The van der Waals surface area contributed by atoms with Crippen LogP contribution >= 0.6 is 27.5 Å². The summed E-state index contributed by atoms with van der Waals surface area (Å²) in [5.41, 5.74) is 2.72. The highest BCUT2D eigenvalue weighted by Gasteiger charge is 2.15. The van der Waals surface area contributed by atoms with Crippen LogP contribution in [-0.4, -0.2) is 23.1 Å². The van der Waals surface area contributed by atoms with Gasteiger partial charge in [0.05, 0.1) is 16.2 Å². The molecule has 3 aromatic rings. The van der Waals surface area contributed by atoms with Crippen LogP contribution in [-0.2, 0) is 0 Å². The number of aromatic nitrogens is 2. The highest BCUT2D eigenvalue weighted by Crippen LogP contribution is 2.30. The lowest BCUT2D eigenvalue weighted by Crippen LogP contribution is -2.37. The molecule has 1 saturated heterocycles. The molecule has 1 aromatic carbocycles. The molecule has 0 unspecified atom stereocenters. The van der Waals surface area contributed by atoms with Gasteiger partial charge in [0.25, 0.3) is 0 Å². The molecule has 0 bridgehead atoms. The van der Waals surface area contributed by atoms with Crippen molar-refractivity contribution < 1.29 is 0 Å². The van der Waals surface area contributed by atoms with Crippen LogP contribution in [0.25, 0.3) is 22.2 Å². The number of benzene rings is 1. The summed E-state index contributed by atoms with van der Waals surface area (Å²) in [5, 5.41) is 1.65. The second-order valence-corrected chi connectivity index (χ2v) is 6.72. The third-order valence-electron chi connectivity index (χ3n) is 3.94. The minimum atomic E-state index is 0.702. The Kier molecular flexibility index (Phi) is 3.51. The minimum absolute atomic E-state index is 0.702. The van der Waals surface area contributed by atoms with Crippen molar-refractivity contribution in [1.29, 1.82) is 0 Å². The topological polar surface area (TPSA) is 29.0 Å². The fourth-order valence-electron chi connectivity index (χ4n) is 2.57. The standard InChI is InChI=1S/C17H13BrClN3/c18-12-3-4-15-13(8-12)14(19)9-16(21-15)11-2-5-17(20-10-11)22-6-1-7-22/h2-5,8-10H,1,6-7H2. The Morgan fingerprint density at radius 3 is 2.64 bits per heavy atom. The summed E-state index contributed by atoms with van der Waals surface area (Å²) in [6.07, 6.45) is 3.12. The van der Waals surface area contributed by atoms with E-state index in [2.05, 4.69) is 37.9 Å².